The van der Waals surface area contributed by atoms with Crippen molar-refractivity contribution in [2.75, 3.05) is 0 Å². The molecule has 0 bridgehead atoms. The van der Waals surface area contributed by atoms with E-state index in [1.807, 2.05) is 41.1 Å². The highest BCUT2D eigenvalue weighted by molar-refractivity contribution is 7.87. The Hall–Kier alpha value is -2.37. The fourth-order valence-electron chi connectivity index (χ4n) is 2.22. The molecule has 3 rings (SSSR count). The number of nitrogens with zero attached hydrogens (tertiary/aromatic N) is 1. The summed E-state index contributed by atoms with van der Waals surface area (Å²) in [6.45, 7) is 0.624. The highest BCUT2D eigenvalue weighted by Gasteiger charge is 2.18. The maximum absolute atomic E-state index is 12.3. The highest BCUT2D eigenvalue weighted by atomic mass is 35.5. The third kappa shape index (κ3) is 4.13. The van der Waals surface area contributed by atoms with E-state index < -0.39 is 10.1 Å². The van der Waals surface area contributed by atoms with E-state index in [1.54, 1.807) is 18.3 Å². The van der Waals surface area contributed by atoms with E-state index in [2.05, 4.69) is 0 Å². The zero-order valence-corrected chi connectivity index (χ0v) is 14.2. The molecule has 0 fully saturated rings. The van der Waals surface area contributed by atoms with Gasteiger partial charge in [0, 0.05) is 16.7 Å². The van der Waals surface area contributed by atoms with Crippen LogP contribution >= 0.6 is 11.6 Å². The molecule has 2 aromatic carbocycles. The van der Waals surface area contributed by atoms with Crippen LogP contribution in [-0.2, 0) is 16.7 Å². The molecule has 0 spiro atoms. The minimum atomic E-state index is -3.89. The van der Waals surface area contributed by atoms with Crippen LogP contribution in [0.25, 0.3) is 0 Å². The molecule has 1 aromatic heterocycles. The topological polar surface area (TPSA) is 47.3 Å². The fraction of sp³-hybridized carbons (Fsp3) is 0.0556. The summed E-state index contributed by atoms with van der Waals surface area (Å²) >= 11 is 5.78. The van der Waals surface area contributed by atoms with E-state index in [1.165, 1.54) is 24.3 Å². The van der Waals surface area contributed by atoms with Gasteiger partial charge >= 0.3 is 10.1 Å². The van der Waals surface area contributed by atoms with Gasteiger partial charge in [0.25, 0.3) is 0 Å². The van der Waals surface area contributed by atoms with Crippen LogP contribution in [0.4, 0.5) is 0 Å². The minimum Gasteiger partial charge on any atom is -0.373 e. The zero-order valence-electron chi connectivity index (χ0n) is 12.7. The quantitative estimate of drug-likeness (QED) is 0.517. The Morgan fingerprint density at radius 1 is 0.917 bits per heavy atom. The average Bonchev–Trinajstić information content (AvgIpc) is 2.56. The SMILES string of the molecule is O=S(=O)(Oc1ccc[n+](Cc2ccccc2)c1)c1ccc(Cl)cc1. The van der Waals surface area contributed by atoms with Gasteiger partial charge in [0.1, 0.15) is 4.90 Å². The minimum absolute atomic E-state index is 0.0605. The van der Waals surface area contributed by atoms with Gasteiger partial charge in [-0.2, -0.15) is 13.0 Å². The van der Waals surface area contributed by atoms with E-state index in [-0.39, 0.29) is 10.6 Å². The highest BCUT2D eigenvalue weighted by Crippen LogP contribution is 2.19. The van der Waals surface area contributed by atoms with Gasteiger partial charge in [-0.15, -0.1) is 0 Å². The molecule has 1 heterocycles. The number of hydrogen-bond acceptors (Lipinski definition) is 3. The molecular formula is C18H15ClNO3S+. The summed E-state index contributed by atoms with van der Waals surface area (Å²) in [6.07, 6.45) is 3.51. The van der Waals surface area contributed by atoms with E-state index in [4.69, 9.17) is 15.8 Å². The molecule has 0 radical (unpaired) electrons. The zero-order chi connectivity index (χ0) is 17.0. The van der Waals surface area contributed by atoms with Gasteiger partial charge in [-0.3, -0.25) is 0 Å². The Morgan fingerprint density at radius 2 is 1.62 bits per heavy atom. The number of benzene rings is 2. The van der Waals surface area contributed by atoms with Crippen molar-refractivity contribution in [2.45, 2.75) is 11.4 Å². The number of aromatic nitrogens is 1. The van der Waals surface area contributed by atoms with Crippen LogP contribution in [0.5, 0.6) is 5.75 Å². The van der Waals surface area contributed by atoms with Crippen molar-refractivity contribution < 1.29 is 17.2 Å². The molecule has 3 aromatic rings. The molecule has 0 aliphatic rings. The van der Waals surface area contributed by atoms with Crippen molar-refractivity contribution in [3.8, 4) is 5.75 Å². The van der Waals surface area contributed by atoms with Crippen LogP contribution in [0.1, 0.15) is 5.56 Å². The Kier molecular flexibility index (Phi) is 4.83. The monoisotopic (exact) mass is 360 g/mol. The summed E-state index contributed by atoms with van der Waals surface area (Å²) in [4.78, 5) is 0.0605. The van der Waals surface area contributed by atoms with Gasteiger partial charge in [-0.25, -0.2) is 0 Å². The Morgan fingerprint density at radius 3 is 2.33 bits per heavy atom. The molecule has 0 unspecified atom stereocenters. The third-order valence-corrected chi connectivity index (χ3v) is 4.86. The molecule has 0 atom stereocenters. The first-order valence-electron chi connectivity index (χ1n) is 7.26. The first-order valence-corrected chi connectivity index (χ1v) is 9.05. The van der Waals surface area contributed by atoms with Gasteiger partial charge in [0.2, 0.25) is 11.9 Å². The van der Waals surface area contributed by atoms with Gasteiger partial charge in [-0.1, -0.05) is 41.9 Å². The summed E-state index contributed by atoms with van der Waals surface area (Å²) in [6, 6.07) is 19.1. The molecular weight excluding hydrogens is 346 g/mol. The lowest BCUT2D eigenvalue weighted by molar-refractivity contribution is -0.688. The summed E-state index contributed by atoms with van der Waals surface area (Å²) in [7, 11) is -3.89. The Balaban J connectivity index is 1.80. The summed E-state index contributed by atoms with van der Waals surface area (Å²) in [5.41, 5.74) is 1.11. The van der Waals surface area contributed by atoms with Gasteiger partial charge < -0.3 is 4.18 Å². The van der Waals surface area contributed by atoms with Crippen molar-refractivity contribution in [2.24, 2.45) is 0 Å². The van der Waals surface area contributed by atoms with Gasteiger partial charge in [-0.05, 0) is 30.3 Å². The van der Waals surface area contributed by atoms with E-state index in [0.717, 1.165) is 5.56 Å². The smallest absolute Gasteiger partial charge is 0.339 e. The summed E-state index contributed by atoms with van der Waals surface area (Å²) in [5, 5.41) is 0.467. The van der Waals surface area contributed by atoms with Gasteiger partial charge in [0.15, 0.2) is 12.7 Å². The van der Waals surface area contributed by atoms with E-state index in [0.29, 0.717) is 11.6 Å². The molecule has 0 saturated carbocycles. The third-order valence-electron chi connectivity index (χ3n) is 3.35. The summed E-state index contributed by atoms with van der Waals surface area (Å²) in [5.74, 6) is 0.253. The first-order chi connectivity index (χ1) is 11.5. The number of pyridine rings is 1. The van der Waals surface area contributed by atoms with Crippen LogP contribution in [0, 0.1) is 0 Å². The Labute approximate surface area is 146 Å². The molecule has 0 saturated heterocycles. The van der Waals surface area contributed by atoms with Crippen molar-refractivity contribution in [3.05, 3.63) is 89.7 Å². The predicted octanol–water partition coefficient (Wildman–Crippen LogP) is 3.44. The lowest BCUT2D eigenvalue weighted by Crippen LogP contribution is -2.33. The van der Waals surface area contributed by atoms with Crippen LogP contribution in [-0.4, -0.2) is 8.42 Å². The van der Waals surface area contributed by atoms with E-state index in [9.17, 15) is 8.42 Å². The Bertz CT molecular complexity index is 926. The normalized spacial score (nSPS) is 11.2. The maximum Gasteiger partial charge on any atom is 0.339 e. The van der Waals surface area contributed by atoms with Crippen LogP contribution in [0.2, 0.25) is 5.02 Å². The molecule has 6 heteroatoms. The molecule has 122 valence electrons. The number of halogens is 1. The molecule has 0 amide bonds. The second kappa shape index (κ2) is 7.03. The molecule has 0 aliphatic carbocycles. The van der Waals surface area contributed by atoms with Crippen molar-refractivity contribution in [1.82, 2.24) is 0 Å². The standard InChI is InChI=1S/C18H15ClNO3S/c19-16-8-10-18(11-9-16)24(21,22)23-17-7-4-12-20(14-17)13-15-5-2-1-3-6-15/h1-12,14H,13H2/q+1. The maximum atomic E-state index is 12.3. The van der Waals surface area contributed by atoms with E-state index >= 15 is 0 Å². The lowest BCUT2D eigenvalue weighted by atomic mass is 10.2. The van der Waals surface area contributed by atoms with Crippen molar-refractivity contribution in [3.63, 3.8) is 0 Å². The second-order valence-electron chi connectivity index (χ2n) is 5.19. The lowest BCUT2D eigenvalue weighted by Gasteiger charge is -2.06. The molecule has 0 N–H and O–H groups in total. The molecule has 4 nitrogen and oxygen atoms in total. The second-order valence-corrected chi connectivity index (χ2v) is 7.17. The number of rotatable bonds is 5. The molecule has 24 heavy (non-hydrogen) atoms. The average molecular weight is 361 g/mol. The largest absolute Gasteiger partial charge is 0.373 e. The predicted molar refractivity (Wildman–Crippen MR) is 91.4 cm³/mol. The van der Waals surface area contributed by atoms with Crippen molar-refractivity contribution >= 4 is 21.7 Å². The number of hydrogen-bond donors (Lipinski definition) is 0. The fourth-order valence-corrected chi connectivity index (χ4v) is 3.26. The van der Waals surface area contributed by atoms with Crippen molar-refractivity contribution in [1.29, 1.82) is 0 Å². The van der Waals surface area contributed by atoms with Gasteiger partial charge in [0.05, 0.1) is 0 Å². The van der Waals surface area contributed by atoms with Crippen LogP contribution < -0.4 is 8.75 Å². The molecule has 0 aliphatic heterocycles. The van der Waals surface area contributed by atoms with Crippen LogP contribution in [0.15, 0.2) is 84.0 Å². The van der Waals surface area contributed by atoms with Crippen LogP contribution in [0.3, 0.4) is 0 Å². The summed E-state index contributed by atoms with van der Waals surface area (Å²) < 4.78 is 31.7. The first kappa shape index (κ1) is 16.5.